The Morgan fingerprint density at radius 2 is 1.86 bits per heavy atom. The summed E-state index contributed by atoms with van der Waals surface area (Å²) in [4.78, 5) is 4.52. The van der Waals surface area contributed by atoms with Gasteiger partial charge in [0.25, 0.3) is 0 Å². The Hall–Kier alpha value is -1.29. The van der Waals surface area contributed by atoms with Crippen molar-refractivity contribution in [1.82, 2.24) is 4.98 Å². The van der Waals surface area contributed by atoms with E-state index < -0.39 is 0 Å². The molecule has 3 N–H and O–H groups in total. The largest absolute Gasteiger partial charge is 0.398 e. The summed E-state index contributed by atoms with van der Waals surface area (Å²) in [5, 5.41) is 4.55. The maximum atomic E-state index is 6.06. The molecule has 0 bridgehead atoms. The quantitative estimate of drug-likeness (QED) is 0.753. The van der Waals surface area contributed by atoms with E-state index in [-0.39, 0.29) is 0 Å². The number of rotatable bonds is 5. The predicted molar refractivity (Wildman–Crippen MR) is 95.5 cm³/mol. The number of nitrogens with zero attached hydrogens (tertiary/aromatic N) is 1. The van der Waals surface area contributed by atoms with Gasteiger partial charge in [-0.3, -0.25) is 4.98 Å². The Morgan fingerprint density at radius 1 is 1.19 bits per heavy atom. The van der Waals surface area contributed by atoms with E-state index in [4.69, 9.17) is 5.73 Å². The third-order valence-electron chi connectivity index (χ3n) is 4.09. The Kier molecular flexibility index (Phi) is 5.09. The van der Waals surface area contributed by atoms with Gasteiger partial charge in [0.2, 0.25) is 0 Å². The number of hydrogen-bond donors (Lipinski definition) is 2. The van der Waals surface area contributed by atoms with Gasteiger partial charge in [-0.05, 0) is 51.9 Å². The SMILES string of the molecule is CC(C)C(CNc1ccc(N)c2cc(Br)cnc12)C(C)C. The van der Waals surface area contributed by atoms with Gasteiger partial charge in [0.15, 0.2) is 0 Å². The lowest BCUT2D eigenvalue weighted by atomic mass is 9.85. The molecule has 0 atom stereocenters. The summed E-state index contributed by atoms with van der Waals surface area (Å²) in [6.45, 7) is 10.1. The molecule has 0 amide bonds. The highest BCUT2D eigenvalue weighted by Gasteiger charge is 2.17. The summed E-state index contributed by atoms with van der Waals surface area (Å²) >= 11 is 3.45. The number of halogens is 1. The van der Waals surface area contributed by atoms with E-state index in [1.54, 1.807) is 0 Å². The monoisotopic (exact) mass is 349 g/mol. The van der Waals surface area contributed by atoms with Crippen molar-refractivity contribution >= 4 is 38.2 Å². The van der Waals surface area contributed by atoms with Crippen LogP contribution < -0.4 is 11.1 Å². The average molecular weight is 350 g/mol. The fourth-order valence-corrected chi connectivity index (χ4v) is 3.16. The molecule has 0 aliphatic rings. The lowest BCUT2D eigenvalue weighted by Gasteiger charge is -2.25. The van der Waals surface area contributed by atoms with Gasteiger partial charge in [0.05, 0.1) is 11.2 Å². The average Bonchev–Trinajstić information content (AvgIpc) is 2.41. The van der Waals surface area contributed by atoms with Gasteiger partial charge >= 0.3 is 0 Å². The van der Waals surface area contributed by atoms with E-state index in [0.29, 0.717) is 17.8 Å². The molecule has 0 radical (unpaired) electrons. The Labute approximate surface area is 135 Å². The standard InChI is InChI=1S/C17H24BrN3/c1-10(2)14(11(3)4)9-20-16-6-5-15(19)13-7-12(18)8-21-17(13)16/h5-8,10-11,14,20H,9,19H2,1-4H3. The number of nitrogens with two attached hydrogens (primary N) is 1. The lowest BCUT2D eigenvalue weighted by molar-refractivity contribution is 0.304. The molecule has 4 heteroatoms. The first-order chi connectivity index (χ1) is 9.90. The van der Waals surface area contributed by atoms with Gasteiger partial charge in [-0.1, -0.05) is 27.7 Å². The Balaban J connectivity index is 2.29. The van der Waals surface area contributed by atoms with Crippen LogP contribution in [0.25, 0.3) is 10.9 Å². The molecule has 114 valence electrons. The van der Waals surface area contributed by atoms with Crippen LogP contribution in [0, 0.1) is 17.8 Å². The van der Waals surface area contributed by atoms with E-state index in [0.717, 1.165) is 33.3 Å². The van der Waals surface area contributed by atoms with Gasteiger partial charge in [0, 0.05) is 28.3 Å². The van der Waals surface area contributed by atoms with E-state index in [2.05, 4.69) is 53.9 Å². The molecular weight excluding hydrogens is 326 g/mol. The van der Waals surface area contributed by atoms with Crippen LogP contribution >= 0.6 is 15.9 Å². The second-order valence-electron chi connectivity index (χ2n) is 6.28. The van der Waals surface area contributed by atoms with Crippen molar-refractivity contribution < 1.29 is 0 Å². The second kappa shape index (κ2) is 6.65. The molecule has 0 saturated heterocycles. The van der Waals surface area contributed by atoms with Crippen LogP contribution in [0.15, 0.2) is 28.9 Å². The third-order valence-corrected chi connectivity index (χ3v) is 4.52. The minimum absolute atomic E-state index is 0.632. The van der Waals surface area contributed by atoms with Crippen LogP contribution in [-0.2, 0) is 0 Å². The number of anilines is 2. The summed E-state index contributed by atoms with van der Waals surface area (Å²) in [6, 6.07) is 5.99. The van der Waals surface area contributed by atoms with Crippen molar-refractivity contribution in [2.75, 3.05) is 17.6 Å². The van der Waals surface area contributed by atoms with Crippen LogP contribution in [0.4, 0.5) is 11.4 Å². The van der Waals surface area contributed by atoms with Crippen molar-refractivity contribution in [3.8, 4) is 0 Å². The third kappa shape index (κ3) is 3.67. The van der Waals surface area contributed by atoms with Crippen LogP contribution in [0.1, 0.15) is 27.7 Å². The number of aromatic nitrogens is 1. The minimum atomic E-state index is 0.632. The van der Waals surface area contributed by atoms with Gasteiger partial charge in [-0.25, -0.2) is 0 Å². The summed E-state index contributed by atoms with van der Waals surface area (Å²) in [7, 11) is 0. The molecule has 21 heavy (non-hydrogen) atoms. The van der Waals surface area contributed by atoms with Crippen LogP contribution in [-0.4, -0.2) is 11.5 Å². The highest BCUT2D eigenvalue weighted by atomic mass is 79.9. The predicted octanol–water partition coefficient (Wildman–Crippen LogP) is 4.92. The minimum Gasteiger partial charge on any atom is -0.398 e. The highest BCUT2D eigenvalue weighted by Crippen LogP contribution is 2.30. The molecule has 2 rings (SSSR count). The van der Waals surface area contributed by atoms with E-state index in [9.17, 15) is 0 Å². The molecule has 0 fully saturated rings. The maximum absolute atomic E-state index is 6.06. The molecule has 0 aliphatic heterocycles. The molecule has 2 aromatic rings. The fourth-order valence-electron chi connectivity index (χ4n) is 2.83. The Morgan fingerprint density at radius 3 is 2.48 bits per heavy atom. The first kappa shape index (κ1) is 16.1. The number of nitrogen functional groups attached to an aromatic ring is 1. The zero-order valence-electron chi connectivity index (χ0n) is 13.2. The summed E-state index contributed by atoms with van der Waals surface area (Å²) in [6.07, 6.45) is 1.81. The number of pyridine rings is 1. The van der Waals surface area contributed by atoms with Gasteiger partial charge in [0.1, 0.15) is 0 Å². The molecule has 1 heterocycles. The van der Waals surface area contributed by atoms with Crippen molar-refractivity contribution in [2.45, 2.75) is 27.7 Å². The first-order valence-electron chi connectivity index (χ1n) is 7.47. The van der Waals surface area contributed by atoms with Gasteiger partial charge in [-0.15, -0.1) is 0 Å². The van der Waals surface area contributed by atoms with Crippen LogP contribution in [0.5, 0.6) is 0 Å². The molecule has 0 unspecified atom stereocenters. The fraction of sp³-hybridized carbons (Fsp3) is 0.471. The van der Waals surface area contributed by atoms with Crippen molar-refractivity contribution in [2.24, 2.45) is 17.8 Å². The summed E-state index contributed by atoms with van der Waals surface area (Å²) in [5.74, 6) is 1.94. The molecule has 3 nitrogen and oxygen atoms in total. The maximum Gasteiger partial charge on any atom is 0.0954 e. The zero-order chi connectivity index (χ0) is 15.6. The molecule has 0 spiro atoms. The number of nitrogens with one attached hydrogen (secondary N) is 1. The molecule has 0 aliphatic carbocycles. The first-order valence-corrected chi connectivity index (χ1v) is 8.27. The smallest absolute Gasteiger partial charge is 0.0954 e. The lowest BCUT2D eigenvalue weighted by Crippen LogP contribution is -2.24. The van der Waals surface area contributed by atoms with Crippen molar-refractivity contribution in [3.63, 3.8) is 0 Å². The highest BCUT2D eigenvalue weighted by molar-refractivity contribution is 9.10. The zero-order valence-corrected chi connectivity index (χ0v) is 14.7. The van der Waals surface area contributed by atoms with Crippen molar-refractivity contribution in [1.29, 1.82) is 0 Å². The van der Waals surface area contributed by atoms with Crippen LogP contribution in [0.3, 0.4) is 0 Å². The van der Waals surface area contributed by atoms with E-state index >= 15 is 0 Å². The second-order valence-corrected chi connectivity index (χ2v) is 7.20. The van der Waals surface area contributed by atoms with E-state index in [1.165, 1.54) is 0 Å². The molecule has 1 aromatic heterocycles. The summed E-state index contributed by atoms with van der Waals surface area (Å²) in [5.41, 5.74) is 8.80. The Bertz CT molecular complexity index is 615. The molecular formula is C17H24BrN3. The number of benzene rings is 1. The van der Waals surface area contributed by atoms with Gasteiger partial charge in [-0.2, -0.15) is 0 Å². The van der Waals surface area contributed by atoms with Gasteiger partial charge < -0.3 is 11.1 Å². The topological polar surface area (TPSA) is 50.9 Å². The normalized spacial score (nSPS) is 11.8. The van der Waals surface area contributed by atoms with Crippen molar-refractivity contribution in [3.05, 3.63) is 28.9 Å². The summed E-state index contributed by atoms with van der Waals surface area (Å²) < 4.78 is 0.945. The molecule has 1 aromatic carbocycles. The van der Waals surface area contributed by atoms with E-state index in [1.807, 2.05) is 24.4 Å². The number of fused-ring (bicyclic) bond motifs is 1. The van der Waals surface area contributed by atoms with Crippen LogP contribution in [0.2, 0.25) is 0 Å². The number of hydrogen-bond acceptors (Lipinski definition) is 3. The molecule has 0 saturated carbocycles.